The highest BCUT2D eigenvalue weighted by atomic mass is 35.5. The molecule has 0 spiro atoms. The number of halogens is 1. The Kier molecular flexibility index (Phi) is 8.77. The molecule has 2 aromatic rings. The topological polar surface area (TPSA) is 84.4 Å². The average Bonchev–Trinajstić information content (AvgIpc) is 3.09. The minimum Gasteiger partial charge on any atom is -0.485 e. The summed E-state index contributed by atoms with van der Waals surface area (Å²) in [5, 5.41) is 0.425. The zero-order chi connectivity index (χ0) is 30.2. The first-order chi connectivity index (χ1) is 19.8. The number of fused-ring (bicyclic) bond motifs is 2. The molecule has 1 aromatic heterocycles. The number of anilines is 3. The first kappa shape index (κ1) is 30.6. The molecule has 3 aliphatic heterocycles. The van der Waals surface area contributed by atoms with Crippen molar-refractivity contribution in [1.82, 2.24) is 9.88 Å². The maximum Gasteiger partial charge on any atom is 0.420 e. The summed E-state index contributed by atoms with van der Waals surface area (Å²) in [5.41, 5.74) is 2.07. The van der Waals surface area contributed by atoms with Crippen molar-refractivity contribution in [1.29, 1.82) is 0 Å². The molecule has 0 saturated carbocycles. The van der Waals surface area contributed by atoms with Crippen molar-refractivity contribution in [3.63, 3.8) is 0 Å². The molecule has 2 fully saturated rings. The number of hydrogen-bond acceptors (Lipinski definition) is 8. The second-order valence-corrected chi connectivity index (χ2v) is 14.6. The molecule has 5 rings (SSSR count). The summed E-state index contributed by atoms with van der Waals surface area (Å²) in [6.07, 6.45) is 2.40. The van der Waals surface area contributed by atoms with Gasteiger partial charge in [-0.25, -0.2) is 19.5 Å². The molecule has 1 aromatic carbocycles. The number of piperidine rings is 1. The number of amides is 2. The third-order valence-corrected chi connectivity index (χ3v) is 8.64. The number of carbonyl (C=O) groups excluding carboxylic acids is 2. The van der Waals surface area contributed by atoms with E-state index in [0.717, 1.165) is 54.3 Å². The largest absolute Gasteiger partial charge is 0.485 e. The lowest BCUT2D eigenvalue weighted by molar-refractivity contribution is 0.0204. The molecule has 0 unspecified atom stereocenters. The van der Waals surface area contributed by atoms with E-state index in [1.165, 1.54) is 4.90 Å². The van der Waals surface area contributed by atoms with Crippen LogP contribution < -0.4 is 14.5 Å². The summed E-state index contributed by atoms with van der Waals surface area (Å²) in [4.78, 5) is 36.8. The number of rotatable bonds is 2. The fourth-order valence-electron chi connectivity index (χ4n) is 5.52. The Balaban J connectivity index is 1.50. The zero-order valence-electron chi connectivity index (χ0n) is 25.4. The van der Waals surface area contributed by atoms with E-state index in [9.17, 15) is 9.59 Å². The van der Waals surface area contributed by atoms with E-state index < -0.39 is 17.3 Å². The number of ether oxygens (including phenoxy) is 3. The molecule has 3 aliphatic rings. The number of thioether (sulfide) groups is 1. The number of aromatic nitrogens is 1. The molecule has 0 aliphatic carbocycles. The van der Waals surface area contributed by atoms with E-state index in [4.69, 9.17) is 30.8 Å². The molecule has 0 radical (unpaired) electrons. The molecule has 4 heterocycles. The fraction of sp³-hybridized carbons (Fsp3) is 0.581. The van der Waals surface area contributed by atoms with Crippen LogP contribution in [0.25, 0.3) is 0 Å². The van der Waals surface area contributed by atoms with Gasteiger partial charge >= 0.3 is 12.2 Å². The van der Waals surface area contributed by atoms with Gasteiger partial charge in [0.15, 0.2) is 11.6 Å². The Hall–Kier alpha value is -2.85. The summed E-state index contributed by atoms with van der Waals surface area (Å²) >= 11 is 8.84. The zero-order valence-corrected chi connectivity index (χ0v) is 26.9. The van der Waals surface area contributed by atoms with Crippen molar-refractivity contribution >= 4 is 52.7 Å². The van der Waals surface area contributed by atoms with E-state index in [1.807, 2.05) is 71.5 Å². The van der Waals surface area contributed by atoms with Crippen molar-refractivity contribution < 1.29 is 23.8 Å². The van der Waals surface area contributed by atoms with Gasteiger partial charge in [-0.05, 0) is 84.1 Å². The Morgan fingerprint density at radius 1 is 0.952 bits per heavy atom. The van der Waals surface area contributed by atoms with Crippen molar-refractivity contribution in [2.75, 3.05) is 47.5 Å². The van der Waals surface area contributed by atoms with Crippen LogP contribution in [0.5, 0.6) is 5.75 Å². The number of pyridine rings is 1. The standard InChI is InChI=1S/C31H41ClN4O5S/c1-30(2,3)40-28(37)35-11-8-20(9-12-35)21-17-23(32)26-25(18-21)36(29(38)41-31(4,5)6)27-22(19-39-26)24(7-10-33-27)34-13-15-42-16-14-34/h7,10,17-18,20H,8-9,11-16,19H2,1-6H3. The molecule has 228 valence electrons. The van der Waals surface area contributed by atoms with E-state index in [1.54, 1.807) is 11.1 Å². The molecule has 2 saturated heterocycles. The average molecular weight is 617 g/mol. The Bertz CT molecular complexity index is 1330. The summed E-state index contributed by atoms with van der Waals surface area (Å²) in [7, 11) is 0. The first-order valence-electron chi connectivity index (χ1n) is 14.6. The predicted octanol–water partition coefficient (Wildman–Crippen LogP) is 7.37. The van der Waals surface area contributed by atoms with Gasteiger partial charge in [-0.3, -0.25) is 0 Å². The molecule has 11 heteroatoms. The normalized spacial score (nSPS) is 18.0. The van der Waals surface area contributed by atoms with Crippen molar-refractivity contribution in [3.8, 4) is 5.75 Å². The summed E-state index contributed by atoms with van der Waals surface area (Å²) in [5.74, 6) is 3.13. The molecule has 9 nitrogen and oxygen atoms in total. The molecule has 0 bridgehead atoms. The third kappa shape index (κ3) is 6.86. The van der Waals surface area contributed by atoms with Gasteiger partial charge in [0.2, 0.25) is 0 Å². The molecular weight excluding hydrogens is 576 g/mol. The number of likely N-dealkylation sites (tertiary alicyclic amines) is 1. The highest BCUT2D eigenvalue weighted by Crippen LogP contribution is 2.47. The Morgan fingerprint density at radius 3 is 2.24 bits per heavy atom. The number of nitrogens with zero attached hydrogens (tertiary/aromatic N) is 4. The van der Waals surface area contributed by atoms with Crippen LogP contribution in [0, 0.1) is 0 Å². The molecule has 0 atom stereocenters. The maximum atomic E-state index is 13.9. The van der Waals surface area contributed by atoms with Gasteiger partial charge in [0.1, 0.15) is 17.8 Å². The summed E-state index contributed by atoms with van der Waals surface area (Å²) in [6.45, 7) is 14.3. The number of hydrogen-bond donors (Lipinski definition) is 0. The van der Waals surface area contributed by atoms with Crippen molar-refractivity contribution in [2.24, 2.45) is 0 Å². The quantitative estimate of drug-likeness (QED) is 0.346. The lowest BCUT2D eigenvalue weighted by Crippen LogP contribution is -2.41. The van der Waals surface area contributed by atoms with Crippen molar-refractivity contribution in [3.05, 3.63) is 40.5 Å². The second kappa shape index (κ2) is 12.0. The predicted molar refractivity (Wildman–Crippen MR) is 168 cm³/mol. The maximum absolute atomic E-state index is 13.9. The van der Waals surface area contributed by atoms with Gasteiger partial charge in [-0.2, -0.15) is 11.8 Å². The number of carbonyl (C=O) groups is 2. The van der Waals surface area contributed by atoms with E-state index in [0.29, 0.717) is 35.4 Å². The van der Waals surface area contributed by atoms with E-state index in [-0.39, 0.29) is 18.6 Å². The highest BCUT2D eigenvalue weighted by molar-refractivity contribution is 7.99. The van der Waals surface area contributed by atoms with Crippen LogP contribution >= 0.6 is 23.4 Å². The van der Waals surface area contributed by atoms with Gasteiger partial charge in [0.05, 0.1) is 16.3 Å². The molecule has 0 N–H and O–H groups in total. The van der Waals surface area contributed by atoms with E-state index >= 15 is 0 Å². The monoisotopic (exact) mass is 616 g/mol. The van der Waals surface area contributed by atoms with Gasteiger partial charge in [-0.1, -0.05) is 11.6 Å². The van der Waals surface area contributed by atoms with Crippen LogP contribution in [0.3, 0.4) is 0 Å². The smallest absolute Gasteiger partial charge is 0.420 e. The third-order valence-electron chi connectivity index (χ3n) is 7.41. The van der Waals surface area contributed by atoms with Crippen LogP contribution in [0.15, 0.2) is 24.4 Å². The van der Waals surface area contributed by atoms with Crippen LogP contribution in [0.1, 0.15) is 71.4 Å². The second-order valence-electron chi connectivity index (χ2n) is 12.9. The minimum absolute atomic E-state index is 0.139. The van der Waals surface area contributed by atoms with Crippen LogP contribution in [-0.4, -0.2) is 71.0 Å². The Morgan fingerprint density at radius 2 is 1.60 bits per heavy atom. The first-order valence-corrected chi connectivity index (χ1v) is 16.1. The Labute approximate surface area is 257 Å². The lowest BCUT2D eigenvalue weighted by atomic mass is 9.89. The van der Waals surface area contributed by atoms with Gasteiger partial charge in [0, 0.05) is 49.6 Å². The van der Waals surface area contributed by atoms with Gasteiger partial charge in [-0.15, -0.1) is 0 Å². The fourth-order valence-corrected chi connectivity index (χ4v) is 6.70. The van der Waals surface area contributed by atoms with E-state index in [2.05, 4.69) is 4.90 Å². The molecule has 2 amide bonds. The van der Waals surface area contributed by atoms with Gasteiger partial charge < -0.3 is 24.0 Å². The minimum atomic E-state index is -0.720. The number of benzene rings is 1. The highest BCUT2D eigenvalue weighted by Gasteiger charge is 2.36. The summed E-state index contributed by atoms with van der Waals surface area (Å²) in [6, 6.07) is 5.89. The SMILES string of the molecule is CC(C)(C)OC(=O)N1CCC(c2cc(Cl)c3c(c2)N(C(=O)OC(C)(C)C)c2nccc(N4CCSCC4)c2CO3)CC1. The van der Waals surface area contributed by atoms with Crippen molar-refractivity contribution in [2.45, 2.75) is 78.1 Å². The van der Waals surface area contributed by atoms with Gasteiger partial charge in [0.25, 0.3) is 0 Å². The van der Waals surface area contributed by atoms with Crippen LogP contribution in [-0.2, 0) is 16.1 Å². The van der Waals surface area contributed by atoms with Crippen LogP contribution in [0.2, 0.25) is 5.02 Å². The molecular formula is C31H41ClN4O5S. The summed E-state index contributed by atoms with van der Waals surface area (Å²) < 4.78 is 17.8. The molecule has 42 heavy (non-hydrogen) atoms. The lowest BCUT2D eigenvalue weighted by Gasteiger charge is -2.34. The van der Waals surface area contributed by atoms with Crippen LogP contribution in [0.4, 0.5) is 26.8 Å².